The summed E-state index contributed by atoms with van der Waals surface area (Å²) in [7, 11) is 3.08. The zero-order valence-corrected chi connectivity index (χ0v) is 12.0. The Morgan fingerprint density at radius 3 is 2.52 bits per heavy atom. The minimum absolute atomic E-state index is 0.00215. The zero-order chi connectivity index (χ0) is 15.4. The zero-order valence-electron chi connectivity index (χ0n) is 12.0. The van der Waals surface area contributed by atoms with E-state index in [2.05, 4.69) is 0 Å². The highest BCUT2D eigenvalue weighted by Gasteiger charge is 2.15. The minimum Gasteiger partial charge on any atom is -0.507 e. The number of phenols is 1. The van der Waals surface area contributed by atoms with Crippen molar-refractivity contribution in [1.29, 1.82) is 0 Å². The van der Waals surface area contributed by atoms with Crippen molar-refractivity contribution in [1.82, 2.24) is 0 Å². The minimum atomic E-state index is -0.419. The number of benzene rings is 2. The van der Waals surface area contributed by atoms with Crippen LogP contribution in [-0.4, -0.2) is 25.9 Å². The van der Waals surface area contributed by atoms with Gasteiger partial charge >= 0.3 is 0 Å². The molecule has 2 aromatic rings. The Bertz CT molecular complexity index is 644. The van der Waals surface area contributed by atoms with E-state index in [0.29, 0.717) is 35.6 Å². The summed E-state index contributed by atoms with van der Waals surface area (Å²) in [5, 5.41) is 9.94. The number of methoxy groups -OCH3 is 2. The molecule has 0 aliphatic rings. The highest BCUT2D eigenvalue weighted by atomic mass is 19.1. The molecule has 21 heavy (non-hydrogen) atoms. The van der Waals surface area contributed by atoms with E-state index in [1.54, 1.807) is 13.2 Å². The van der Waals surface area contributed by atoms with Crippen molar-refractivity contribution >= 4 is 0 Å². The molecule has 0 aliphatic carbocycles. The molecule has 0 spiro atoms. The monoisotopic (exact) mass is 291 g/mol. The van der Waals surface area contributed by atoms with E-state index in [1.807, 2.05) is 6.07 Å². The number of phenolic OH excluding ortho intramolecular Hbond substituents is 1. The summed E-state index contributed by atoms with van der Waals surface area (Å²) in [6.07, 6.45) is 0.587. The van der Waals surface area contributed by atoms with Gasteiger partial charge in [0, 0.05) is 5.56 Å². The molecule has 2 aromatic carbocycles. The number of rotatable bonds is 5. The Labute approximate surface area is 122 Å². The van der Waals surface area contributed by atoms with Gasteiger partial charge in [0.25, 0.3) is 0 Å². The van der Waals surface area contributed by atoms with Gasteiger partial charge in [0.1, 0.15) is 11.6 Å². The third-order valence-corrected chi connectivity index (χ3v) is 3.24. The van der Waals surface area contributed by atoms with Crippen LogP contribution in [0.2, 0.25) is 0 Å². The fraction of sp³-hybridized carbons (Fsp3) is 0.250. The van der Waals surface area contributed by atoms with E-state index < -0.39 is 5.82 Å². The first kappa shape index (κ1) is 15.1. The molecule has 0 fully saturated rings. The molecule has 4 nitrogen and oxygen atoms in total. The van der Waals surface area contributed by atoms with Crippen molar-refractivity contribution in [3.8, 4) is 28.4 Å². The molecule has 0 amide bonds. The van der Waals surface area contributed by atoms with Gasteiger partial charge in [-0.05, 0) is 54.4 Å². The summed E-state index contributed by atoms with van der Waals surface area (Å²) < 4.78 is 24.1. The fourth-order valence-electron chi connectivity index (χ4n) is 2.28. The molecule has 0 saturated heterocycles. The van der Waals surface area contributed by atoms with E-state index in [9.17, 15) is 9.50 Å². The van der Waals surface area contributed by atoms with Crippen molar-refractivity contribution in [2.45, 2.75) is 6.42 Å². The van der Waals surface area contributed by atoms with Crippen molar-refractivity contribution in [3.63, 3.8) is 0 Å². The quantitative estimate of drug-likeness (QED) is 0.889. The van der Waals surface area contributed by atoms with Gasteiger partial charge < -0.3 is 20.3 Å². The Morgan fingerprint density at radius 2 is 1.90 bits per heavy atom. The predicted octanol–water partition coefficient (Wildman–Crippen LogP) is 2.72. The predicted molar refractivity (Wildman–Crippen MR) is 79.4 cm³/mol. The molecule has 0 aromatic heterocycles. The molecule has 0 heterocycles. The topological polar surface area (TPSA) is 64.7 Å². The Balaban J connectivity index is 2.63. The molecule has 0 atom stereocenters. The summed E-state index contributed by atoms with van der Waals surface area (Å²) in [6.45, 7) is 0.443. The lowest BCUT2D eigenvalue weighted by molar-refractivity contribution is 0.352. The lowest BCUT2D eigenvalue weighted by Crippen LogP contribution is -2.05. The highest BCUT2D eigenvalue weighted by molar-refractivity contribution is 5.74. The smallest absolute Gasteiger partial charge is 0.163 e. The normalized spacial score (nSPS) is 10.5. The number of aromatic hydroxyl groups is 1. The van der Waals surface area contributed by atoms with Gasteiger partial charge in [-0.15, -0.1) is 0 Å². The molecule has 0 unspecified atom stereocenters. The maximum absolute atomic E-state index is 13.4. The number of ether oxygens (including phenoxy) is 2. The van der Waals surface area contributed by atoms with E-state index in [0.717, 1.165) is 5.56 Å². The number of nitrogens with two attached hydrogens (primary N) is 1. The average molecular weight is 291 g/mol. The second-order valence-corrected chi connectivity index (χ2v) is 4.57. The van der Waals surface area contributed by atoms with Gasteiger partial charge in [0.05, 0.1) is 14.2 Å². The van der Waals surface area contributed by atoms with Crippen LogP contribution in [0, 0.1) is 5.82 Å². The summed E-state index contributed by atoms with van der Waals surface area (Å²) in [5.41, 5.74) is 7.50. The van der Waals surface area contributed by atoms with Gasteiger partial charge in [0.2, 0.25) is 0 Å². The molecule has 5 heteroatoms. The second-order valence-electron chi connectivity index (χ2n) is 4.57. The van der Waals surface area contributed by atoms with Crippen LogP contribution in [0.3, 0.4) is 0 Å². The third kappa shape index (κ3) is 3.08. The van der Waals surface area contributed by atoms with E-state index in [1.165, 1.54) is 25.3 Å². The first-order valence-electron chi connectivity index (χ1n) is 6.54. The average Bonchev–Trinajstić information content (AvgIpc) is 2.49. The maximum Gasteiger partial charge on any atom is 0.163 e. The van der Waals surface area contributed by atoms with Crippen LogP contribution >= 0.6 is 0 Å². The van der Waals surface area contributed by atoms with Crippen LogP contribution in [0.25, 0.3) is 11.1 Å². The maximum atomic E-state index is 13.4. The van der Waals surface area contributed by atoms with Crippen LogP contribution in [0.4, 0.5) is 4.39 Å². The standard InChI is InChI=1S/C16H18FNO3/c1-20-15-8-11(7-10(5-6-18)16(15)21-2)13-9-12(17)3-4-14(13)19/h3-4,7-9,19H,5-6,18H2,1-2H3. The summed E-state index contributed by atoms with van der Waals surface area (Å²) in [4.78, 5) is 0. The molecular formula is C16H18FNO3. The lowest BCUT2D eigenvalue weighted by atomic mass is 9.99. The van der Waals surface area contributed by atoms with Gasteiger partial charge in [-0.25, -0.2) is 4.39 Å². The van der Waals surface area contributed by atoms with Gasteiger partial charge in [0.15, 0.2) is 11.5 Å². The van der Waals surface area contributed by atoms with E-state index in [-0.39, 0.29) is 5.75 Å². The van der Waals surface area contributed by atoms with E-state index in [4.69, 9.17) is 15.2 Å². The van der Waals surface area contributed by atoms with Crippen molar-refractivity contribution in [3.05, 3.63) is 41.7 Å². The lowest BCUT2D eigenvalue weighted by Gasteiger charge is -2.15. The first-order valence-corrected chi connectivity index (χ1v) is 6.54. The Kier molecular flexibility index (Phi) is 4.65. The molecule has 0 bridgehead atoms. The van der Waals surface area contributed by atoms with Gasteiger partial charge in [-0.2, -0.15) is 0 Å². The Morgan fingerprint density at radius 1 is 1.14 bits per heavy atom. The third-order valence-electron chi connectivity index (χ3n) is 3.24. The molecule has 2 rings (SSSR count). The van der Waals surface area contributed by atoms with Crippen molar-refractivity contribution in [2.75, 3.05) is 20.8 Å². The molecule has 3 N–H and O–H groups in total. The van der Waals surface area contributed by atoms with Gasteiger partial charge in [-0.1, -0.05) is 0 Å². The highest BCUT2D eigenvalue weighted by Crippen LogP contribution is 2.39. The summed E-state index contributed by atoms with van der Waals surface area (Å²) >= 11 is 0. The second kappa shape index (κ2) is 6.45. The molecule has 0 radical (unpaired) electrons. The van der Waals surface area contributed by atoms with Crippen LogP contribution in [0.15, 0.2) is 30.3 Å². The summed E-state index contributed by atoms with van der Waals surface area (Å²) in [5.74, 6) is 0.699. The first-order chi connectivity index (χ1) is 10.1. The van der Waals surface area contributed by atoms with E-state index >= 15 is 0 Å². The molecule has 0 saturated carbocycles. The molecule has 112 valence electrons. The van der Waals surface area contributed by atoms with Crippen molar-refractivity contribution < 1.29 is 19.0 Å². The number of halogens is 1. The van der Waals surface area contributed by atoms with Crippen LogP contribution in [0.1, 0.15) is 5.56 Å². The Hall–Kier alpha value is -2.27. The van der Waals surface area contributed by atoms with Gasteiger partial charge in [-0.3, -0.25) is 0 Å². The van der Waals surface area contributed by atoms with Crippen LogP contribution in [-0.2, 0) is 6.42 Å². The molecular weight excluding hydrogens is 273 g/mol. The van der Waals surface area contributed by atoms with Crippen LogP contribution in [0.5, 0.6) is 17.2 Å². The van der Waals surface area contributed by atoms with Crippen molar-refractivity contribution in [2.24, 2.45) is 5.73 Å². The largest absolute Gasteiger partial charge is 0.507 e. The number of hydrogen-bond acceptors (Lipinski definition) is 4. The summed E-state index contributed by atoms with van der Waals surface area (Å²) in [6, 6.07) is 7.34. The van der Waals surface area contributed by atoms with Crippen LogP contribution < -0.4 is 15.2 Å². The fourth-order valence-corrected chi connectivity index (χ4v) is 2.28. The molecule has 0 aliphatic heterocycles. The number of hydrogen-bond donors (Lipinski definition) is 2. The SMILES string of the molecule is COc1cc(-c2cc(F)ccc2O)cc(CCN)c1OC.